The third-order valence-electron chi connectivity index (χ3n) is 5.64. The molecule has 1 saturated carbocycles. The van der Waals surface area contributed by atoms with Crippen LogP contribution in [0.2, 0.25) is 0 Å². The van der Waals surface area contributed by atoms with E-state index in [-0.39, 0.29) is 21.8 Å². The van der Waals surface area contributed by atoms with Crippen molar-refractivity contribution < 1.29 is 14.3 Å². The number of benzene rings is 2. The number of ether oxygens (including phenoxy) is 2. The van der Waals surface area contributed by atoms with E-state index in [4.69, 9.17) is 32.7 Å². The Morgan fingerprint density at radius 3 is 2.45 bits per heavy atom. The van der Waals surface area contributed by atoms with Crippen LogP contribution in [0.25, 0.3) is 0 Å². The van der Waals surface area contributed by atoms with E-state index < -0.39 is 5.41 Å². The quantitative estimate of drug-likeness (QED) is 0.388. The molecule has 150 valence electrons. The first kappa shape index (κ1) is 21.3. The van der Waals surface area contributed by atoms with E-state index >= 15 is 0 Å². The van der Waals surface area contributed by atoms with Crippen LogP contribution in [-0.2, 0) is 16.0 Å². The van der Waals surface area contributed by atoms with Crippen LogP contribution in [0.1, 0.15) is 26.3 Å². The molecule has 0 bridgehead atoms. The van der Waals surface area contributed by atoms with Crippen LogP contribution in [-0.4, -0.2) is 5.97 Å². The molecule has 0 amide bonds. The van der Waals surface area contributed by atoms with Crippen molar-refractivity contribution in [2.75, 3.05) is 0 Å². The van der Waals surface area contributed by atoms with Gasteiger partial charge in [-0.3, -0.25) is 4.79 Å². The molecule has 5 heteroatoms. The Hall–Kier alpha value is -2.41. The monoisotopic (exact) mass is 428 g/mol. The van der Waals surface area contributed by atoms with Crippen molar-refractivity contribution in [3.63, 3.8) is 0 Å². The fourth-order valence-corrected chi connectivity index (χ4v) is 4.28. The van der Waals surface area contributed by atoms with Gasteiger partial charge >= 0.3 is 5.97 Å². The summed E-state index contributed by atoms with van der Waals surface area (Å²) < 4.78 is 11.3. The highest BCUT2D eigenvalue weighted by Gasteiger charge is 2.75. The maximum atomic E-state index is 13.0. The standard InChI is InChI=1S/C24H22Cl2O3/c1-4-13-28-22(27)24(20(15-21(25)26)23(24,2)3)16-17-9-8-12-19(14-17)29-18-10-6-5-7-11-18/h5-12,14-15,20H,16H2,1-3H3. The summed E-state index contributed by atoms with van der Waals surface area (Å²) >= 11 is 11.8. The molecule has 2 atom stereocenters. The fourth-order valence-electron chi connectivity index (χ4n) is 4.03. The van der Waals surface area contributed by atoms with E-state index in [1.807, 2.05) is 68.4 Å². The topological polar surface area (TPSA) is 35.5 Å². The third-order valence-corrected chi connectivity index (χ3v) is 5.89. The maximum Gasteiger partial charge on any atom is 0.327 e. The van der Waals surface area contributed by atoms with Gasteiger partial charge in [0.15, 0.2) is 0 Å². The Labute approximate surface area is 181 Å². The molecule has 3 nitrogen and oxygen atoms in total. The maximum absolute atomic E-state index is 13.0. The summed E-state index contributed by atoms with van der Waals surface area (Å²) in [4.78, 5) is 13.0. The molecule has 0 heterocycles. The second-order valence-electron chi connectivity index (χ2n) is 7.61. The summed E-state index contributed by atoms with van der Waals surface area (Å²) in [5, 5.41) is 0. The molecule has 0 aromatic heterocycles. The third kappa shape index (κ3) is 4.29. The summed E-state index contributed by atoms with van der Waals surface area (Å²) in [6.45, 7) is 5.64. The van der Waals surface area contributed by atoms with Crippen LogP contribution in [0.4, 0.5) is 0 Å². The van der Waals surface area contributed by atoms with Gasteiger partial charge in [-0.15, -0.1) is 0 Å². The van der Waals surface area contributed by atoms with Gasteiger partial charge < -0.3 is 9.47 Å². The molecule has 29 heavy (non-hydrogen) atoms. The molecule has 2 aromatic carbocycles. The highest BCUT2D eigenvalue weighted by atomic mass is 35.5. The van der Waals surface area contributed by atoms with Gasteiger partial charge in [0.2, 0.25) is 0 Å². The predicted molar refractivity (Wildman–Crippen MR) is 116 cm³/mol. The first-order chi connectivity index (χ1) is 13.8. The second kappa shape index (κ2) is 8.53. The van der Waals surface area contributed by atoms with Crippen LogP contribution in [0, 0.1) is 28.8 Å². The van der Waals surface area contributed by atoms with Crippen molar-refractivity contribution >= 4 is 29.2 Å². The van der Waals surface area contributed by atoms with E-state index in [0.29, 0.717) is 12.2 Å². The Morgan fingerprint density at radius 2 is 1.79 bits per heavy atom. The zero-order valence-electron chi connectivity index (χ0n) is 16.5. The molecular weight excluding hydrogens is 407 g/mol. The van der Waals surface area contributed by atoms with Crippen molar-refractivity contribution in [3.8, 4) is 23.5 Å². The first-order valence-corrected chi connectivity index (χ1v) is 10.0. The van der Waals surface area contributed by atoms with Gasteiger partial charge in [-0.05, 0) is 47.7 Å². The van der Waals surface area contributed by atoms with E-state index in [1.165, 1.54) is 0 Å². The average molecular weight is 429 g/mol. The molecule has 0 aliphatic heterocycles. The summed E-state index contributed by atoms with van der Waals surface area (Å²) in [7, 11) is 0. The minimum absolute atomic E-state index is 0.139. The number of allylic oxidation sites excluding steroid dienone is 1. The molecule has 2 aromatic rings. The van der Waals surface area contributed by atoms with Gasteiger partial charge in [0, 0.05) is 12.8 Å². The average Bonchev–Trinajstić information content (AvgIpc) is 3.14. The van der Waals surface area contributed by atoms with Crippen molar-refractivity contribution in [1.29, 1.82) is 0 Å². The lowest BCUT2D eigenvalue weighted by atomic mass is 9.88. The van der Waals surface area contributed by atoms with Crippen molar-refractivity contribution in [1.82, 2.24) is 0 Å². The van der Waals surface area contributed by atoms with E-state index in [2.05, 4.69) is 12.0 Å². The summed E-state index contributed by atoms with van der Waals surface area (Å²) in [6.07, 6.45) is 4.60. The Morgan fingerprint density at radius 1 is 1.10 bits per heavy atom. The number of hydrogen-bond acceptors (Lipinski definition) is 3. The molecule has 1 aliphatic rings. The van der Waals surface area contributed by atoms with Gasteiger partial charge in [-0.25, -0.2) is 0 Å². The van der Waals surface area contributed by atoms with Gasteiger partial charge in [0.25, 0.3) is 0 Å². The molecular formula is C24H22Cl2O3. The van der Waals surface area contributed by atoms with Gasteiger partial charge in [-0.1, -0.05) is 73.3 Å². The lowest BCUT2D eigenvalue weighted by molar-refractivity contribution is -0.144. The van der Waals surface area contributed by atoms with Crippen LogP contribution in [0.15, 0.2) is 65.2 Å². The zero-order chi connectivity index (χ0) is 21.1. The van der Waals surface area contributed by atoms with Gasteiger partial charge in [0.1, 0.15) is 22.1 Å². The number of halogens is 2. The molecule has 2 unspecified atom stereocenters. The zero-order valence-corrected chi connectivity index (χ0v) is 18.1. The van der Waals surface area contributed by atoms with Crippen molar-refractivity contribution in [2.45, 2.75) is 27.2 Å². The lowest BCUT2D eigenvalue weighted by Crippen LogP contribution is -2.26. The number of esters is 1. The minimum Gasteiger partial charge on any atom is -0.457 e. The van der Waals surface area contributed by atoms with Crippen molar-refractivity contribution in [3.05, 3.63) is 70.7 Å². The molecule has 0 N–H and O–H groups in total. The van der Waals surface area contributed by atoms with E-state index in [0.717, 1.165) is 11.3 Å². The molecule has 1 fully saturated rings. The highest BCUT2D eigenvalue weighted by molar-refractivity contribution is 6.55. The van der Waals surface area contributed by atoms with Crippen LogP contribution < -0.4 is 4.74 Å². The van der Waals surface area contributed by atoms with E-state index in [1.54, 1.807) is 13.0 Å². The number of hydrogen-bond donors (Lipinski definition) is 0. The van der Waals surface area contributed by atoms with Crippen molar-refractivity contribution in [2.24, 2.45) is 16.7 Å². The molecule has 0 saturated heterocycles. The second-order valence-corrected chi connectivity index (χ2v) is 8.62. The van der Waals surface area contributed by atoms with Crippen LogP contribution in [0.3, 0.4) is 0 Å². The lowest BCUT2D eigenvalue weighted by Gasteiger charge is -2.18. The van der Waals surface area contributed by atoms with Crippen LogP contribution in [0.5, 0.6) is 11.5 Å². The van der Waals surface area contributed by atoms with Gasteiger partial charge in [0.05, 0.1) is 5.41 Å². The number of carbonyl (C=O) groups excluding carboxylic acids is 1. The molecule has 0 radical (unpaired) electrons. The Kier molecular flexibility index (Phi) is 6.27. The number of para-hydroxylation sites is 1. The normalized spacial score (nSPS) is 21.3. The number of rotatable bonds is 6. The first-order valence-electron chi connectivity index (χ1n) is 9.29. The highest BCUT2D eigenvalue weighted by Crippen LogP contribution is 2.71. The smallest absolute Gasteiger partial charge is 0.327 e. The fraction of sp³-hybridized carbons (Fsp3) is 0.292. The predicted octanol–water partition coefficient (Wildman–Crippen LogP) is 6.51. The SMILES string of the molecule is CC#COC(=O)C1(Cc2cccc(Oc3ccccc3)c2)C(C=C(Cl)Cl)C1(C)C. The Bertz CT molecular complexity index is 982. The Balaban J connectivity index is 1.91. The molecule has 0 spiro atoms. The summed E-state index contributed by atoms with van der Waals surface area (Å²) in [5.41, 5.74) is -0.239. The minimum atomic E-state index is -0.808. The van der Waals surface area contributed by atoms with E-state index in [9.17, 15) is 4.79 Å². The summed E-state index contributed by atoms with van der Waals surface area (Å²) in [5.74, 6) is 3.51. The molecule has 3 rings (SSSR count). The van der Waals surface area contributed by atoms with Crippen LogP contribution >= 0.6 is 23.2 Å². The summed E-state index contributed by atoms with van der Waals surface area (Å²) in [6, 6.07) is 17.2. The number of carbonyl (C=O) groups is 1. The largest absolute Gasteiger partial charge is 0.457 e. The molecule has 1 aliphatic carbocycles. The van der Waals surface area contributed by atoms with Gasteiger partial charge in [-0.2, -0.15) is 0 Å².